The molecule has 0 saturated carbocycles. The molecule has 2 rings (SSSR count). The van der Waals surface area contributed by atoms with Crippen LogP contribution in [0, 0.1) is 0 Å². The topological polar surface area (TPSA) is 89.1 Å². The molecule has 0 aliphatic heterocycles. The molecule has 2 heterocycles. The molecule has 0 bridgehead atoms. The van der Waals surface area contributed by atoms with Gasteiger partial charge >= 0.3 is 0 Å². The van der Waals surface area contributed by atoms with Gasteiger partial charge < -0.3 is 9.73 Å². The molecule has 0 radical (unpaired) electrons. The highest BCUT2D eigenvalue weighted by Crippen LogP contribution is 2.17. The van der Waals surface area contributed by atoms with Gasteiger partial charge in [0.05, 0.1) is 12.3 Å². The monoisotopic (exact) mass is 264 g/mol. The Labute approximate surface area is 110 Å². The van der Waals surface area contributed by atoms with E-state index in [0.29, 0.717) is 6.54 Å². The van der Waals surface area contributed by atoms with E-state index in [1.807, 2.05) is 31.1 Å². The summed E-state index contributed by atoms with van der Waals surface area (Å²) in [4.78, 5) is 13.7. The van der Waals surface area contributed by atoms with Gasteiger partial charge in [0.2, 0.25) is 5.91 Å². The van der Waals surface area contributed by atoms with Crippen molar-refractivity contribution in [3.05, 3.63) is 30.5 Å². The number of tetrazole rings is 1. The van der Waals surface area contributed by atoms with Crippen LogP contribution in [0.25, 0.3) is 0 Å². The van der Waals surface area contributed by atoms with E-state index < -0.39 is 0 Å². The molecule has 0 fully saturated rings. The predicted octanol–water partition coefficient (Wildman–Crippen LogP) is -0.315. The Bertz CT molecular complexity index is 493. The van der Waals surface area contributed by atoms with Gasteiger partial charge in [-0.1, -0.05) is 0 Å². The van der Waals surface area contributed by atoms with Crippen LogP contribution in [0.1, 0.15) is 11.8 Å². The number of aromatic nitrogens is 4. The van der Waals surface area contributed by atoms with Crippen LogP contribution < -0.4 is 5.32 Å². The Morgan fingerprint density at radius 2 is 2.42 bits per heavy atom. The molecule has 0 aliphatic carbocycles. The maximum Gasteiger partial charge on any atom is 0.241 e. The molecule has 0 aromatic carbocycles. The third-order valence-corrected chi connectivity index (χ3v) is 2.68. The summed E-state index contributed by atoms with van der Waals surface area (Å²) < 4.78 is 6.73. The fraction of sp³-hybridized carbons (Fsp3) is 0.455. The number of carbonyl (C=O) groups excluding carboxylic acids is 1. The molecule has 0 aliphatic rings. The van der Waals surface area contributed by atoms with E-state index in [1.54, 1.807) is 6.26 Å². The summed E-state index contributed by atoms with van der Waals surface area (Å²) in [5.74, 6) is 0.665. The Balaban J connectivity index is 1.87. The molecule has 0 unspecified atom stereocenters. The lowest BCUT2D eigenvalue weighted by Gasteiger charge is -2.22. The fourth-order valence-electron chi connectivity index (χ4n) is 1.68. The van der Waals surface area contributed by atoms with E-state index in [4.69, 9.17) is 4.42 Å². The van der Waals surface area contributed by atoms with Crippen molar-refractivity contribution in [2.45, 2.75) is 12.6 Å². The lowest BCUT2D eigenvalue weighted by molar-refractivity contribution is -0.122. The number of furan rings is 1. The van der Waals surface area contributed by atoms with Crippen molar-refractivity contribution in [1.29, 1.82) is 0 Å². The second-order valence-electron chi connectivity index (χ2n) is 4.31. The molecule has 0 spiro atoms. The van der Waals surface area contributed by atoms with Crippen molar-refractivity contribution in [2.75, 3.05) is 20.6 Å². The summed E-state index contributed by atoms with van der Waals surface area (Å²) in [7, 11) is 3.86. The summed E-state index contributed by atoms with van der Waals surface area (Å²) in [6.07, 6.45) is 3.02. The fourth-order valence-corrected chi connectivity index (χ4v) is 1.68. The molecule has 8 nitrogen and oxygen atoms in total. The van der Waals surface area contributed by atoms with E-state index in [2.05, 4.69) is 20.8 Å². The van der Waals surface area contributed by atoms with Gasteiger partial charge in [-0.25, -0.2) is 4.68 Å². The molecular weight excluding hydrogens is 248 g/mol. The highest BCUT2D eigenvalue weighted by Gasteiger charge is 2.17. The number of nitrogens with one attached hydrogen (secondary N) is 1. The van der Waals surface area contributed by atoms with Crippen molar-refractivity contribution < 1.29 is 9.21 Å². The normalized spacial score (nSPS) is 12.6. The largest absolute Gasteiger partial charge is 0.468 e. The van der Waals surface area contributed by atoms with Crippen LogP contribution in [0.4, 0.5) is 0 Å². The van der Waals surface area contributed by atoms with Gasteiger partial charge in [0.1, 0.15) is 18.6 Å². The van der Waals surface area contributed by atoms with Crippen molar-refractivity contribution in [1.82, 2.24) is 30.4 Å². The third kappa shape index (κ3) is 3.62. The Kier molecular flexibility index (Phi) is 4.24. The second kappa shape index (κ2) is 6.10. The summed E-state index contributed by atoms with van der Waals surface area (Å²) >= 11 is 0. The van der Waals surface area contributed by atoms with Crippen LogP contribution in [0.2, 0.25) is 0 Å². The van der Waals surface area contributed by atoms with E-state index >= 15 is 0 Å². The van der Waals surface area contributed by atoms with Gasteiger partial charge in [0.15, 0.2) is 0 Å². The van der Waals surface area contributed by atoms with Crippen molar-refractivity contribution >= 4 is 5.91 Å². The average molecular weight is 264 g/mol. The first-order chi connectivity index (χ1) is 9.16. The highest BCUT2D eigenvalue weighted by atomic mass is 16.3. The molecule has 19 heavy (non-hydrogen) atoms. The zero-order valence-electron chi connectivity index (χ0n) is 10.9. The number of carbonyl (C=O) groups is 1. The molecule has 2 aromatic rings. The van der Waals surface area contributed by atoms with Gasteiger partial charge in [-0.2, -0.15) is 0 Å². The van der Waals surface area contributed by atoms with Crippen LogP contribution in [0.5, 0.6) is 0 Å². The summed E-state index contributed by atoms with van der Waals surface area (Å²) in [6.45, 7) is 0.562. The average Bonchev–Trinajstić information content (AvgIpc) is 3.01. The van der Waals surface area contributed by atoms with Crippen LogP contribution in [-0.4, -0.2) is 51.7 Å². The van der Waals surface area contributed by atoms with E-state index in [-0.39, 0.29) is 18.5 Å². The second-order valence-corrected chi connectivity index (χ2v) is 4.31. The number of hydrogen-bond acceptors (Lipinski definition) is 6. The molecular formula is C11H16N6O2. The number of amides is 1. The molecule has 1 amide bonds. The Hall–Kier alpha value is -2.22. The minimum Gasteiger partial charge on any atom is -0.468 e. The number of likely N-dealkylation sites (N-methyl/N-ethyl adjacent to an activating group) is 1. The molecule has 2 aromatic heterocycles. The van der Waals surface area contributed by atoms with Gasteiger partial charge in [-0.05, 0) is 36.7 Å². The minimum absolute atomic E-state index is 0.00665. The van der Waals surface area contributed by atoms with Crippen molar-refractivity contribution in [3.8, 4) is 0 Å². The van der Waals surface area contributed by atoms with Gasteiger partial charge in [0, 0.05) is 6.54 Å². The smallest absolute Gasteiger partial charge is 0.241 e. The van der Waals surface area contributed by atoms with E-state index in [1.165, 1.54) is 11.0 Å². The van der Waals surface area contributed by atoms with Crippen molar-refractivity contribution in [2.24, 2.45) is 0 Å². The molecule has 102 valence electrons. The van der Waals surface area contributed by atoms with E-state index in [0.717, 1.165) is 5.76 Å². The maximum absolute atomic E-state index is 11.7. The number of hydrogen-bond donors (Lipinski definition) is 1. The molecule has 1 N–H and O–H groups in total. The van der Waals surface area contributed by atoms with Crippen LogP contribution in [0.15, 0.2) is 29.1 Å². The minimum atomic E-state index is -0.147. The number of rotatable bonds is 6. The standard InChI is InChI=1S/C11H16N6O2/c1-16(2)9(10-4-3-5-19-10)6-12-11(18)7-17-8-13-14-15-17/h3-5,8-9H,6-7H2,1-2H3,(H,12,18)/t9-/m0/s1. The third-order valence-electron chi connectivity index (χ3n) is 2.68. The Morgan fingerprint density at radius 1 is 1.58 bits per heavy atom. The first-order valence-electron chi connectivity index (χ1n) is 5.84. The first-order valence-corrected chi connectivity index (χ1v) is 5.84. The molecule has 0 saturated heterocycles. The van der Waals surface area contributed by atoms with Crippen LogP contribution in [0.3, 0.4) is 0 Å². The maximum atomic E-state index is 11.7. The zero-order chi connectivity index (χ0) is 13.7. The first kappa shape index (κ1) is 13.2. The van der Waals surface area contributed by atoms with Gasteiger partial charge in [-0.3, -0.25) is 9.69 Å². The Morgan fingerprint density at radius 3 is 3.00 bits per heavy atom. The lowest BCUT2D eigenvalue weighted by atomic mass is 10.2. The molecule has 8 heteroatoms. The van der Waals surface area contributed by atoms with Gasteiger partial charge in [-0.15, -0.1) is 5.10 Å². The summed E-state index contributed by atoms with van der Waals surface area (Å²) in [5.41, 5.74) is 0. The summed E-state index contributed by atoms with van der Waals surface area (Å²) in [6, 6.07) is 3.71. The van der Waals surface area contributed by atoms with Crippen LogP contribution >= 0.6 is 0 Å². The lowest BCUT2D eigenvalue weighted by Crippen LogP contribution is -2.36. The molecule has 1 atom stereocenters. The number of nitrogens with zero attached hydrogens (tertiary/aromatic N) is 5. The SMILES string of the molecule is CN(C)[C@@H](CNC(=O)Cn1cnnn1)c1ccco1. The zero-order valence-corrected chi connectivity index (χ0v) is 10.9. The van der Waals surface area contributed by atoms with Gasteiger partial charge in [0.25, 0.3) is 0 Å². The van der Waals surface area contributed by atoms with Crippen molar-refractivity contribution in [3.63, 3.8) is 0 Å². The van der Waals surface area contributed by atoms with Crippen LogP contribution in [-0.2, 0) is 11.3 Å². The quantitative estimate of drug-likeness (QED) is 0.769. The predicted molar refractivity (Wildman–Crippen MR) is 66.0 cm³/mol. The van der Waals surface area contributed by atoms with E-state index in [9.17, 15) is 4.79 Å². The highest BCUT2D eigenvalue weighted by molar-refractivity contribution is 5.75. The summed E-state index contributed by atoms with van der Waals surface area (Å²) in [5, 5.41) is 13.4.